The number of hydrogen-bond donors (Lipinski definition) is 0. The molecule has 5 nitrogen and oxygen atoms in total. The normalized spacial score (nSPS) is 11.9. The number of benzene rings is 6. The van der Waals surface area contributed by atoms with Gasteiger partial charge in [-0.15, -0.1) is 0 Å². The van der Waals surface area contributed by atoms with E-state index < -0.39 is 29.0 Å². The molecule has 258 valence electrons. The van der Waals surface area contributed by atoms with E-state index in [2.05, 4.69) is 6.07 Å². The minimum Gasteiger partial charge on any atom is -0.309 e. The molecule has 0 unspecified atom stereocenters. The zero-order chi connectivity index (χ0) is 36.9. The van der Waals surface area contributed by atoms with Crippen LogP contribution in [0.5, 0.6) is 0 Å². The molecule has 8 aromatic rings. The molecule has 0 fully saturated rings. The van der Waals surface area contributed by atoms with Crippen molar-refractivity contribution < 1.29 is 26.3 Å². The van der Waals surface area contributed by atoms with E-state index in [4.69, 9.17) is 15.0 Å². The van der Waals surface area contributed by atoms with Crippen LogP contribution in [0.25, 0.3) is 72.8 Å². The summed E-state index contributed by atoms with van der Waals surface area (Å²) in [5.74, 6) is 1.02. The molecule has 53 heavy (non-hydrogen) atoms. The van der Waals surface area contributed by atoms with Crippen LogP contribution in [-0.4, -0.2) is 19.5 Å². The van der Waals surface area contributed by atoms with Gasteiger partial charge in [0.05, 0.1) is 33.8 Å². The Kier molecular flexibility index (Phi) is 8.03. The Balaban J connectivity index is 1.36. The van der Waals surface area contributed by atoms with Crippen molar-refractivity contribution in [3.05, 3.63) is 156 Å². The summed E-state index contributed by atoms with van der Waals surface area (Å²) >= 11 is 0. The number of hydrogen-bond acceptors (Lipinski definition) is 4. The quantitative estimate of drug-likeness (QED) is 0.167. The van der Waals surface area contributed by atoms with E-state index in [0.29, 0.717) is 45.4 Å². The zero-order valence-electron chi connectivity index (χ0n) is 27.3. The number of alkyl halides is 6. The van der Waals surface area contributed by atoms with Crippen molar-refractivity contribution in [3.8, 4) is 57.0 Å². The molecule has 0 aliphatic carbocycles. The maximum Gasteiger partial charge on any atom is 0.417 e. The van der Waals surface area contributed by atoms with E-state index in [1.807, 2.05) is 89.5 Å². The molecule has 0 amide bonds. The molecule has 0 aliphatic rings. The van der Waals surface area contributed by atoms with E-state index in [-0.39, 0.29) is 23.0 Å². The Bertz CT molecular complexity index is 2650. The van der Waals surface area contributed by atoms with Crippen molar-refractivity contribution in [2.24, 2.45) is 0 Å². The molecule has 0 saturated heterocycles. The summed E-state index contributed by atoms with van der Waals surface area (Å²) in [6.45, 7) is 0. The predicted molar refractivity (Wildman–Crippen MR) is 191 cm³/mol. The smallest absolute Gasteiger partial charge is 0.309 e. The van der Waals surface area contributed by atoms with Gasteiger partial charge in [0.25, 0.3) is 0 Å². The van der Waals surface area contributed by atoms with Crippen molar-refractivity contribution in [2.75, 3.05) is 0 Å². The SMILES string of the molecule is N#Cc1ccc(-n2c3ccccc3c3ccc(-c4ccc(C(F)(F)F)cc4C(F)(F)F)cc32)cc1-c1nc(-c2ccccc2)nc(-c2ccccc2)n1. The number of fused-ring (bicyclic) bond motifs is 3. The van der Waals surface area contributed by atoms with Gasteiger partial charge in [-0.2, -0.15) is 31.6 Å². The number of rotatable bonds is 5. The highest BCUT2D eigenvalue weighted by molar-refractivity contribution is 6.10. The highest BCUT2D eigenvalue weighted by Crippen LogP contribution is 2.43. The fourth-order valence-corrected chi connectivity index (χ4v) is 6.51. The lowest BCUT2D eigenvalue weighted by Gasteiger charge is -2.17. The first-order chi connectivity index (χ1) is 25.5. The first-order valence-electron chi connectivity index (χ1n) is 16.2. The van der Waals surface area contributed by atoms with Crippen LogP contribution < -0.4 is 0 Å². The summed E-state index contributed by atoms with van der Waals surface area (Å²) in [6, 6.07) is 39.7. The number of nitrogens with zero attached hydrogens (tertiary/aromatic N) is 5. The maximum atomic E-state index is 14.3. The van der Waals surface area contributed by atoms with E-state index in [1.54, 1.807) is 24.3 Å². The lowest BCUT2D eigenvalue weighted by Crippen LogP contribution is -2.12. The van der Waals surface area contributed by atoms with E-state index in [0.717, 1.165) is 22.6 Å². The Morgan fingerprint density at radius 2 is 1.09 bits per heavy atom. The number of aromatic nitrogens is 4. The van der Waals surface area contributed by atoms with Crippen LogP contribution in [0, 0.1) is 11.3 Å². The second kappa shape index (κ2) is 12.8. The van der Waals surface area contributed by atoms with Gasteiger partial charge in [-0.1, -0.05) is 97.1 Å². The van der Waals surface area contributed by atoms with Crippen LogP contribution in [0.1, 0.15) is 16.7 Å². The molecule has 0 bridgehead atoms. The second-order valence-electron chi connectivity index (χ2n) is 12.2. The maximum absolute atomic E-state index is 14.3. The standard InChI is InChI=1S/C42H23F6N5/c43-41(44,45)29-17-20-31(35(22-29)42(46,47)48)27-16-19-33-32-13-7-8-14-36(32)53(37(33)21-27)30-18-15-28(24-49)34(23-30)40-51-38(25-9-3-1-4-10-25)50-39(52-40)26-11-5-2-6-12-26/h1-23H. The molecule has 0 atom stereocenters. The highest BCUT2D eigenvalue weighted by Gasteiger charge is 2.38. The highest BCUT2D eigenvalue weighted by atomic mass is 19.4. The Labute approximate surface area is 298 Å². The molecule has 11 heteroatoms. The molecule has 0 N–H and O–H groups in total. The third-order valence-corrected chi connectivity index (χ3v) is 8.96. The summed E-state index contributed by atoms with van der Waals surface area (Å²) < 4.78 is 85.1. The molecule has 6 aromatic carbocycles. The average Bonchev–Trinajstić information content (AvgIpc) is 3.51. The fourth-order valence-electron chi connectivity index (χ4n) is 6.51. The van der Waals surface area contributed by atoms with Crippen molar-refractivity contribution in [3.63, 3.8) is 0 Å². The average molecular weight is 712 g/mol. The van der Waals surface area contributed by atoms with E-state index >= 15 is 0 Å². The van der Waals surface area contributed by atoms with Crippen LogP contribution in [-0.2, 0) is 12.4 Å². The monoisotopic (exact) mass is 711 g/mol. The Morgan fingerprint density at radius 3 is 1.72 bits per heavy atom. The molecule has 2 heterocycles. The van der Waals surface area contributed by atoms with Gasteiger partial charge in [0.1, 0.15) is 0 Å². The first kappa shape index (κ1) is 33.3. The second-order valence-corrected chi connectivity index (χ2v) is 12.2. The van der Waals surface area contributed by atoms with Crippen LogP contribution in [0.2, 0.25) is 0 Å². The van der Waals surface area contributed by atoms with Crippen molar-refractivity contribution in [1.82, 2.24) is 19.5 Å². The Morgan fingerprint density at radius 1 is 0.491 bits per heavy atom. The van der Waals surface area contributed by atoms with Gasteiger partial charge in [-0.25, -0.2) is 15.0 Å². The zero-order valence-corrected chi connectivity index (χ0v) is 27.3. The van der Waals surface area contributed by atoms with Crippen LogP contribution in [0.15, 0.2) is 140 Å². The predicted octanol–water partition coefficient (Wildman–Crippen LogP) is 11.5. The van der Waals surface area contributed by atoms with E-state index in [1.165, 1.54) is 12.1 Å². The van der Waals surface area contributed by atoms with Crippen molar-refractivity contribution in [2.45, 2.75) is 12.4 Å². The minimum atomic E-state index is -5.05. The summed E-state index contributed by atoms with van der Waals surface area (Å²) in [6.07, 6.45) is -10.0. The Hall–Kier alpha value is -6.80. The first-order valence-corrected chi connectivity index (χ1v) is 16.2. The van der Waals surface area contributed by atoms with E-state index in [9.17, 15) is 31.6 Å². The van der Waals surface area contributed by atoms with Gasteiger partial charge >= 0.3 is 12.4 Å². The molecule has 0 radical (unpaired) electrons. The van der Waals surface area contributed by atoms with Gasteiger partial charge in [-0.3, -0.25) is 0 Å². The van der Waals surface area contributed by atoms with Gasteiger partial charge in [-0.05, 0) is 53.6 Å². The third-order valence-electron chi connectivity index (χ3n) is 8.96. The summed E-state index contributed by atoms with van der Waals surface area (Å²) in [4.78, 5) is 14.3. The molecular weight excluding hydrogens is 688 g/mol. The van der Waals surface area contributed by atoms with Gasteiger partial charge < -0.3 is 4.57 Å². The topological polar surface area (TPSA) is 67.4 Å². The summed E-state index contributed by atoms with van der Waals surface area (Å²) in [5.41, 5.74) is 0.803. The molecule has 2 aromatic heterocycles. The molecule has 0 saturated carbocycles. The number of para-hydroxylation sites is 1. The number of halogens is 6. The molecule has 8 rings (SSSR count). The third kappa shape index (κ3) is 6.14. The summed E-state index contributed by atoms with van der Waals surface area (Å²) in [7, 11) is 0. The largest absolute Gasteiger partial charge is 0.417 e. The van der Waals surface area contributed by atoms with Crippen LogP contribution in [0.3, 0.4) is 0 Å². The van der Waals surface area contributed by atoms with Gasteiger partial charge in [0, 0.05) is 33.2 Å². The minimum absolute atomic E-state index is 0.0777. The molecular formula is C42H23F6N5. The summed E-state index contributed by atoms with van der Waals surface area (Å²) in [5, 5.41) is 11.7. The van der Waals surface area contributed by atoms with Crippen LogP contribution >= 0.6 is 0 Å². The number of nitriles is 1. The lowest BCUT2D eigenvalue weighted by atomic mass is 9.96. The van der Waals surface area contributed by atoms with Crippen molar-refractivity contribution in [1.29, 1.82) is 5.26 Å². The fraction of sp³-hybridized carbons (Fsp3) is 0.0476. The van der Waals surface area contributed by atoms with Gasteiger partial charge in [0.15, 0.2) is 17.5 Å². The van der Waals surface area contributed by atoms with Gasteiger partial charge in [0.2, 0.25) is 0 Å². The molecule has 0 spiro atoms. The van der Waals surface area contributed by atoms with Crippen LogP contribution in [0.4, 0.5) is 26.3 Å². The molecule has 0 aliphatic heterocycles. The van der Waals surface area contributed by atoms with Crippen molar-refractivity contribution >= 4 is 21.8 Å². The lowest BCUT2D eigenvalue weighted by molar-refractivity contribution is -0.142.